The zero-order valence-corrected chi connectivity index (χ0v) is 8.98. The van der Waals surface area contributed by atoms with E-state index in [-0.39, 0.29) is 0 Å². The van der Waals surface area contributed by atoms with E-state index in [1.807, 2.05) is 12.3 Å². The predicted octanol–water partition coefficient (Wildman–Crippen LogP) is 1.96. The maximum absolute atomic E-state index is 4.35. The van der Waals surface area contributed by atoms with Crippen LogP contribution in [0.2, 0.25) is 0 Å². The third kappa shape index (κ3) is 2.13. The van der Waals surface area contributed by atoms with Crippen molar-refractivity contribution in [1.29, 1.82) is 0 Å². The molecule has 2 heterocycles. The average Bonchev–Trinajstić information content (AvgIpc) is 2.12. The summed E-state index contributed by atoms with van der Waals surface area (Å²) in [5, 5.41) is 0. The summed E-state index contributed by atoms with van der Waals surface area (Å²) in [5.41, 5.74) is 1.24. The highest BCUT2D eigenvalue weighted by atomic mass is 15.2. The Labute approximate surface area is 86.0 Å². The molecule has 0 spiro atoms. The number of rotatable bonds is 3. The van der Waals surface area contributed by atoms with E-state index in [2.05, 4.69) is 35.9 Å². The first-order valence-electron chi connectivity index (χ1n) is 5.39. The van der Waals surface area contributed by atoms with Gasteiger partial charge in [-0.2, -0.15) is 0 Å². The molecule has 1 saturated heterocycles. The molecular weight excluding hydrogens is 172 g/mol. The highest BCUT2D eigenvalue weighted by Crippen LogP contribution is 2.21. The Morgan fingerprint density at radius 1 is 1.43 bits per heavy atom. The van der Waals surface area contributed by atoms with Crippen LogP contribution in [0.15, 0.2) is 24.4 Å². The van der Waals surface area contributed by atoms with E-state index >= 15 is 0 Å². The van der Waals surface area contributed by atoms with Crippen LogP contribution in [0.4, 0.5) is 0 Å². The Hall–Kier alpha value is -0.890. The Balaban J connectivity index is 1.80. The van der Waals surface area contributed by atoms with Crippen molar-refractivity contribution in [2.45, 2.75) is 26.3 Å². The van der Waals surface area contributed by atoms with Gasteiger partial charge in [-0.15, -0.1) is 0 Å². The number of aromatic nitrogens is 1. The van der Waals surface area contributed by atoms with E-state index in [1.165, 1.54) is 18.8 Å². The van der Waals surface area contributed by atoms with Crippen LogP contribution in [0.1, 0.15) is 19.5 Å². The van der Waals surface area contributed by atoms with Gasteiger partial charge in [0.25, 0.3) is 0 Å². The molecule has 1 aliphatic heterocycles. The second-order valence-electron chi connectivity index (χ2n) is 4.44. The van der Waals surface area contributed by atoms with Crippen LogP contribution in [-0.4, -0.2) is 29.0 Å². The third-order valence-electron chi connectivity index (χ3n) is 2.94. The maximum atomic E-state index is 4.35. The van der Waals surface area contributed by atoms with Crippen molar-refractivity contribution >= 4 is 0 Å². The molecule has 0 unspecified atom stereocenters. The minimum Gasteiger partial charge on any atom is -0.300 e. The molecule has 0 N–H and O–H groups in total. The SMILES string of the molecule is CC(C)N1CC(Cc2ccccn2)C1. The Morgan fingerprint density at radius 2 is 2.21 bits per heavy atom. The fraction of sp³-hybridized carbons (Fsp3) is 0.583. The number of hydrogen-bond donors (Lipinski definition) is 0. The standard InChI is InChI=1S/C12H18N2/c1-10(2)14-8-11(9-14)7-12-5-3-4-6-13-12/h3-6,10-11H,7-9H2,1-2H3. The van der Waals surface area contributed by atoms with Crippen molar-refractivity contribution < 1.29 is 0 Å². The molecule has 2 rings (SSSR count). The summed E-state index contributed by atoms with van der Waals surface area (Å²) >= 11 is 0. The molecule has 0 aromatic carbocycles. The van der Waals surface area contributed by atoms with Crippen molar-refractivity contribution in [3.05, 3.63) is 30.1 Å². The zero-order chi connectivity index (χ0) is 9.97. The molecule has 0 amide bonds. The van der Waals surface area contributed by atoms with Gasteiger partial charge in [0.15, 0.2) is 0 Å². The van der Waals surface area contributed by atoms with Crippen molar-refractivity contribution in [1.82, 2.24) is 9.88 Å². The van der Waals surface area contributed by atoms with Crippen LogP contribution in [0.3, 0.4) is 0 Å². The molecule has 76 valence electrons. The van der Waals surface area contributed by atoms with Crippen molar-refractivity contribution in [3.63, 3.8) is 0 Å². The molecule has 1 aromatic heterocycles. The molecule has 2 nitrogen and oxygen atoms in total. The summed E-state index contributed by atoms with van der Waals surface area (Å²) in [7, 11) is 0. The number of pyridine rings is 1. The first kappa shape index (κ1) is 9.66. The van der Waals surface area contributed by atoms with E-state index < -0.39 is 0 Å². The fourth-order valence-corrected chi connectivity index (χ4v) is 1.98. The Bertz CT molecular complexity index is 276. The van der Waals surface area contributed by atoms with Gasteiger partial charge in [0.05, 0.1) is 0 Å². The quantitative estimate of drug-likeness (QED) is 0.724. The minimum atomic E-state index is 0.704. The highest BCUT2D eigenvalue weighted by Gasteiger charge is 2.28. The van der Waals surface area contributed by atoms with E-state index in [0.717, 1.165) is 12.3 Å². The lowest BCUT2D eigenvalue weighted by Crippen LogP contribution is -2.50. The van der Waals surface area contributed by atoms with Gasteiger partial charge in [-0.05, 0) is 38.3 Å². The molecule has 0 atom stereocenters. The molecule has 0 aliphatic carbocycles. The largest absolute Gasteiger partial charge is 0.300 e. The van der Waals surface area contributed by atoms with Gasteiger partial charge in [-0.1, -0.05) is 6.07 Å². The maximum Gasteiger partial charge on any atom is 0.0407 e. The van der Waals surface area contributed by atoms with Gasteiger partial charge in [0.1, 0.15) is 0 Å². The topological polar surface area (TPSA) is 16.1 Å². The molecule has 0 bridgehead atoms. The molecule has 0 radical (unpaired) electrons. The fourth-order valence-electron chi connectivity index (χ4n) is 1.98. The molecule has 14 heavy (non-hydrogen) atoms. The van der Waals surface area contributed by atoms with E-state index in [0.29, 0.717) is 6.04 Å². The van der Waals surface area contributed by atoms with Crippen molar-refractivity contribution in [2.75, 3.05) is 13.1 Å². The van der Waals surface area contributed by atoms with E-state index in [4.69, 9.17) is 0 Å². The minimum absolute atomic E-state index is 0.704. The lowest BCUT2D eigenvalue weighted by atomic mass is 9.93. The third-order valence-corrected chi connectivity index (χ3v) is 2.94. The van der Waals surface area contributed by atoms with Crippen LogP contribution in [0.5, 0.6) is 0 Å². The first-order chi connectivity index (χ1) is 6.75. The molecule has 1 fully saturated rings. The van der Waals surface area contributed by atoms with Crippen molar-refractivity contribution in [2.24, 2.45) is 5.92 Å². The van der Waals surface area contributed by atoms with Gasteiger partial charge < -0.3 is 4.90 Å². The summed E-state index contributed by atoms with van der Waals surface area (Å²) in [6.45, 7) is 7.01. The smallest absolute Gasteiger partial charge is 0.0407 e. The van der Waals surface area contributed by atoms with Crippen molar-refractivity contribution in [3.8, 4) is 0 Å². The zero-order valence-electron chi connectivity index (χ0n) is 8.98. The monoisotopic (exact) mass is 190 g/mol. The average molecular weight is 190 g/mol. The summed E-state index contributed by atoms with van der Waals surface area (Å²) in [5.74, 6) is 0.826. The van der Waals surface area contributed by atoms with Gasteiger partial charge in [-0.3, -0.25) is 4.98 Å². The molecule has 1 aliphatic rings. The van der Waals surface area contributed by atoms with Gasteiger partial charge >= 0.3 is 0 Å². The molecule has 1 aromatic rings. The van der Waals surface area contributed by atoms with Crippen LogP contribution >= 0.6 is 0 Å². The number of likely N-dealkylation sites (tertiary alicyclic amines) is 1. The van der Waals surface area contributed by atoms with Crippen LogP contribution in [0.25, 0.3) is 0 Å². The Morgan fingerprint density at radius 3 is 2.79 bits per heavy atom. The number of nitrogens with zero attached hydrogens (tertiary/aromatic N) is 2. The molecule has 0 saturated carbocycles. The summed E-state index contributed by atoms with van der Waals surface area (Å²) in [6.07, 6.45) is 3.03. The van der Waals surface area contributed by atoms with E-state index in [9.17, 15) is 0 Å². The van der Waals surface area contributed by atoms with Gasteiger partial charge in [-0.25, -0.2) is 0 Å². The predicted molar refractivity (Wildman–Crippen MR) is 58.1 cm³/mol. The summed E-state index contributed by atoms with van der Waals surface area (Å²) < 4.78 is 0. The molecule has 2 heteroatoms. The van der Waals surface area contributed by atoms with Gasteiger partial charge in [0, 0.05) is 31.0 Å². The normalized spacial score (nSPS) is 18.5. The molecular formula is C12H18N2. The summed E-state index contributed by atoms with van der Waals surface area (Å²) in [4.78, 5) is 6.86. The van der Waals surface area contributed by atoms with Crippen LogP contribution in [0, 0.1) is 5.92 Å². The van der Waals surface area contributed by atoms with Crippen LogP contribution in [-0.2, 0) is 6.42 Å². The lowest BCUT2D eigenvalue weighted by Gasteiger charge is -2.42. The van der Waals surface area contributed by atoms with Crippen LogP contribution < -0.4 is 0 Å². The highest BCUT2D eigenvalue weighted by molar-refractivity contribution is 5.05. The number of hydrogen-bond acceptors (Lipinski definition) is 2. The second kappa shape index (κ2) is 4.09. The van der Waals surface area contributed by atoms with E-state index in [1.54, 1.807) is 0 Å². The van der Waals surface area contributed by atoms with Gasteiger partial charge in [0.2, 0.25) is 0 Å². The first-order valence-corrected chi connectivity index (χ1v) is 5.39. The lowest BCUT2D eigenvalue weighted by molar-refractivity contribution is 0.0675. The second-order valence-corrected chi connectivity index (χ2v) is 4.44. The summed E-state index contributed by atoms with van der Waals surface area (Å²) in [6, 6.07) is 6.87. The Kier molecular flexibility index (Phi) is 2.82.